The normalized spacial score (nSPS) is 15.0. The van der Waals surface area contributed by atoms with Crippen LogP contribution in [0.2, 0.25) is 0 Å². The van der Waals surface area contributed by atoms with E-state index in [0.29, 0.717) is 6.42 Å². The highest BCUT2D eigenvalue weighted by Crippen LogP contribution is 2.27. The van der Waals surface area contributed by atoms with Gasteiger partial charge in [-0.25, -0.2) is 0 Å². The summed E-state index contributed by atoms with van der Waals surface area (Å²) in [6.07, 6.45) is 19.3. The number of hydrogen-bond acceptors (Lipinski definition) is 3. The zero-order valence-corrected chi connectivity index (χ0v) is 20.2. The molecule has 3 rings (SSSR count). The summed E-state index contributed by atoms with van der Waals surface area (Å²) in [4.78, 5) is 24.9. The Morgan fingerprint density at radius 1 is 0.853 bits per heavy atom. The SMILES string of the molecule is COc1ccc(C(=O)CCCCCCCCCC2C=CC=C2C(=O)C=Cc2ccccc2)cc1. The second-order valence-corrected chi connectivity index (χ2v) is 8.89. The molecule has 3 heteroatoms. The minimum atomic E-state index is 0.114. The van der Waals surface area contributed by atoms with Gasteiger partial charge in [0.2, 0.25) is 0 Å². The quantitative estimate of drug-likeness (QED) is 0.156. The van der Waals surface area contributed by atoms with E-state index in [1.54, 1.807) is 13.2 Å². The summed E-state index contributed by atoms with van der Waals surface area (Å²) < 4.78 is 5.14. The van der Waals surface area contributed by atoms with E-state index in [1.165, 1.54) is 25.7 Å². The molecule has 0 spiro atoms. The van der Waals surface area contributed by atoms with Crippen molar-refractivity contribution in [1.29, 1.82) is 0 Å². The van der Waals surface area contributed by atoms with Gasteiger partial charge in [0, 0.05) is 23.5 Å². The molecule has 0 aliphatic heterocycles. The number of rotatable bonds is 15. The van der Waals surface area contributed by atoms with Crippen molar-refractivity contribution in [3.8, 4) is 5.75 Å². The molecule has 0 aromatic heterocycles. The highest BCUT2D eigenvalue weighted by atomic mass is 16.5. The maximum absolute atomic E-state index is 12.6. The van der Waals surface area contributed by atoms with Crippen LogP contribution in [0.5, 0.6) is 5.75 Å². The van der Waals surface area contributed by atoms with Crippen LogP contribution in [0.4, 0.5) is 0 Å². The van der Waals surface area contributed by atoms with E-state index in [2.05, 4.69) is 6.08 Å². The first-order valence-electron chi connectivity index (χ1n) is 12.5. The first-order chi connectivity index (χ1) is 16.7. The monoisotopic (exact) mass is 456 g/mol. The number of ketones is 2. The Morgan fingerprint density at radius 3 is 2.24 bits per heavy atom. The third kappa shape index (κ3) is 8.30. The van der Waals surface area contributed by atoms with E-state index >= 15 is 0 Å². The highest BCUT2D eigenvalue weighted by Gasteiger charge is 2.19. The van der Waals surface area contributed by atoms with Crippen molar-refractivity contribution in [3.63, 3.8) is 0 Å². The Hall–Kier alpha value is -3.20. The van der Waals surface area contributed by atoms with Crippen molar-refractivity contribution in [2.45, 2.75) is 57.8 Å². The number of methoxy groups -OCH3 is 1. The van der Waals surface area contributed by atoms with Gasteiger partial charge in [0.15, 0.2) is 11.6 Å². The lowest BCUT2D eigenvalue weighted by Gasteiger charge is -2.11. The second kappa shape index (κ2) is 14.1. The number of unbranched alkanes of at least 4 members (excludes halogenated alkanes) is 6. The summed E-state index contributed by atoms with van der Waals surface area (Å²) >= 11 is 0. The number of hydrogen-bond donors (Lipinski definition) is 0. The maximum atomic E-state index is 12.6. The number of ether oxygens (including phenoxy) is 1. The molecule has 2 aromatic carbocycles. The molecule has 34 heavy (non-hydrogen) atoms. The fourth-order valence-corrected chi connectivity index (χ4v) is 4.32. The van der Waals surface area contributed by atoms with Crippen LogP contribution < -0.4 is 4.74 Å². The molecule has 2 aromatic rings. The van der Waals surface area contributed by atoms with Gasteiger partial charge in [-0.1, -0.05) is 93.2 Å². The fourth-order valence-electron chi connectivity index (χ4n) is 4.32. The molecule has 1 atom stereocenters. The first kappa shape index (κ1) is 25.4. The topological polar surface area (TPSA) is 43.4 Å². The highest BCUT2D eigenvalue weighted by molar-refractivity contribution is 6.07. The van der Waals surface area contributed by atoms with Crippen molar-refractivity contribution < 1.29 is 14.3 Å². The molecule has 0 radical (unpaired) electrons. The van der Waals surface area contributed by atoms with E-state index < -0.39 is 0 Å². The summed E-state index contributed by atoms with van der Waals surface area (Å²) in [5.41, 5.74) is 2.72. The van der Waals surface area contributed by atoms with E-state index in [-0.39, 0.29) is 17.5 Å². The maximum Gasteiger partial charge on any atom is 0.182 e. The molecular formula is C31H36O3. The van der Waals surface area contributed by atoms with Crippen molar-refractivity contribution in [3.05, 3.63) is 95.6 Å². The van der Waals surface area contributed by atoms with Crippen LogP contribution in [0.1, 0.15) is 73.7 Å². The minimum absolute atomic E-state index is 0.114. The number of Topliss-reactive ketones (excluding diaryl/α,β-unsaturated/α-hetero) is 1. The van der Waals surface area contributed by atoms with Gasteiger partial charge in [0.1, 0.15) is 5.75 Å². The van der Waals surface area contributed by atoms with Gasteiger partial charge in [0.05, 0.1) is 7.11 Å². The number of allylic oxidation sites excluding steroid dienone is 5. The molecule has 0 heterocycles. The summed E-state index contributed by atoms with van der Waals surface area (Å²) in [5.74, 6) is 1.35. The molecule has 0 N–H and O–H groups in total. The molecule has 0 saturated carbocycles. The molecule has 178 valence electrons. The van der Waals surface area contributed by atoms with Crippen molar-refractivity contribution >= 4 is 17.6 Å². The zero-order chi connectivity index (χ0) is 24.0. The van der Waals surface area contributed by atoms with Gasteiger partial charge in [-0.2, -0.15) is 0 Å². The van der Waals surface area contributed by atoms with Gasteiger partial charge in [-0.05, 0) is 48.7 Å². The summed E-state index contributed by atoms with van der Waals surface area (Å²) in [5, 5.41) is 0. The summed E-state index contributed by atoms with van der Waals surface area (Å²) in [7, 11) is 1.63. The molecule has 0 bridgehead atoms. The predicted molar refractivity (Wildman–Crippen MR) is 140 cm³/mol. The second-order valence-electron chi connectivity index (χ2n) is 8.89. The molecule has 0 fully saturated rings. The molecule has 0 amide bonds. The van der Waals surface area contributed by atoms with Gasteiger partial charge in [-0.3, -0.25) is 9.59 Å². The van der Waals surface area contributed by atoms with Gasteiger partial charge >= 0.3 is 0 Å². The van der Waals surface area contributed by atoms with Gasteiger partial charge in [-0.15, -0.1) is 0 Å². The molecule has 1 aliphatic carbocycles. The Labute approximate surface area is 204 Å². The lowest BCUT2D eigenvalue weighted by molar-refractivity contribution is -0.111. The third-order valence-electron chi connectivity index (χ3n) is 6.36. The number of carbonyl (C=O) groups is 2. The lowest BCUT2D eigenvalue weighted by Crippen LogP contribution is -2.07. The standard InChI is InChI=1S/C31H36O3/c1-34-28-22-20-27(21-23-28)30(32)18-11-6-4-2-3-5-10-15-26-16-12-17-29(26)31(33)24-19-25-13-8-7-9-14-25/h7-9,12-14,16-17,19-24,26H,2-6,10-11,15,18H2,1H3. The minimum Gasteiger partial charge on any atom is -0.497 e. The molecular weight excluding hydrogens is 420 g/mol. The lowest BCUT2D eigenvalue weighted by atomic mass is 9.92. The fraction of sp³-hybridized carbons (Fsp3) is 0.355. The Kier molecular flexibility index (Phi) is 10.6. The average molecular weight is 457 g/mol. The third-order valence-corrected chi connectivity index (χ3v) is 6.36. The van der Waals surface area contributed by atoms with Crippen molar-refractivity contribution in [1.82, 2.24) is 0 Å². The molecule has 1 unspecified atom stereocenters. The molecule has 1 aliphatic rings. The van der Waals surface area contributed by atoms with Gasteiger partial charge in [0.25, 0.3) is 0 Å². The van der Waals surface area contributed by atoms with Crippen LogP contribution in [0, 0.1) is 5.92 Å². The van der Waals surface area contributed by atoms with Crippen LogP contribution in [-0.4, -0.2) is 18.7 Å². The molecule has 3 nitrogen and oxygen atoms in total. The summed E-state index contributed by atoms with van der Waals surface area (Å²) in [6.45, 7) is 0. The van der Waals surface area contributed by atoms with Crippen LogP contribution in [-0.2, 0) is 4.79 Å². The smallest absolute Gasteiger partial charge is 0.182 e. The summed E-state index contributed by atoms with van der Waals surface area (Å²) in [6, 6.07) is 17.3. The van der Waals surface area contributed by atoms with E-state index in [0.717, 1.165) is 48.1 Å². The van der Waals surface area contributed by atoms with Gasteiger partial charge < -0.3 is 4.74 Å². The number of benzene rings is 2. The number of carbonyl (C=O) groups excluding carboxylic acids is 2. The van der Waals surface area contributed by atoms with Crippen LogP contribution in [0.25, 0.3) is 6.08 Å². The largest absolute Gasteiger partial charge is 0.497 e. The Bertz CT molecular complexity index is 997. The van der Waals surface area contributed by atoms with Crippen LogP contribution >= 0.6 is 0 Å². The Balaban J connectivity index is 1.24. The average Bonchev–Trinajstić information content (AvgIpc) is 3.35. The zero-order valence-electron chi connectivity index (χ0n) is 20.2. The predicted octanol–water partition coefficient (Wildman–Crippen LogP) is 7.78. The van der Waals surface area contributed by atoms with Crippen LogP contribution in [0.3, 0.4) is 0 Å². The van der Waals surface area contributed by atoms with Crippen molar-refractivity contribution in [2.24, 2.45) is 5.92 Å². The van der Waals surface area contributed by atoms with E-state index in [4.69, 9.17) is 4.74 Å². The van der Waals surface area contributed by atoms with E-state index in [9.17, 15) is 9.59 Å². The van der Waals surface area contributed by atoms with Crippen LogP contribution in [0.15, 0.2) is 84.5 Å². The molecule has 0 saturated heterocycles. The first-order valence-corrected chi connectivity index (χ1v) is 12.5. The Morgan fingerprint density at radius 2 is 1.53 bits per heavy atom. The van der Waals surface area contributed by atoms with Crippen molar-refractivity contribution in [2.75, 3.05) is 7.11 Å². The van der Waals surface area contributed by atoms with E-state index in [1.807, 2.05) is 72.8 Å².